The molecule has 0 spiro atoms. The van der Waals surface area contributed by atoms with Crippen LogP contribution in [0.1, 0.15) is 59.6 Å². The molecule has 0 aromatic heterocycles. The van der Waals surface area contributed by atoms with E-state index in [1.54, 1.807) is 0 Å². The van der Waals surface area contributed by atoms with Gasteiger partial charge >= 0.3 is 29.4 Å². The van der Waals surface area contributed by atoms with E-state index in [2.05, 4.69) is 95.7 Å². The number of alkyl halides is 6. The molecule has 2 aromatic rings. The molecule has 226 valence electrons. The first-order valence-corrected chi connectivity index (χ1v) is 15.8. The number of benzene rings is 2. The van der Waals surface area contributed by atoms with Crippen LogP contribution in [0.3, 0.4) is 0 Å². The second-order valence-electron chi connectivity index (χ2n) is 11.6. The first-order valence-electron chi connectivity index (χ1n) is 13.0. The SMILES string of the molecule is C[C@H](C1=[C][C-]=C=C1P(c1ccc(C(F)(F)F)cc1)c1ccc(C(F)(F)F)cc1)P(C(C)(C)C)C(C)(C)C.[C]1=C=C=C=[C-]1.[Fe+2]. The summed E-state index contributed by atoms with van der Waals surface area (Å²) in [5.74, 6) is 0. The van der Waals surface area contributed by atoms with Crippen LogP contribution < -0.4 is 10.6 Å². The van der Waals surface area contributed by atoms with Crippen LogP contribution in [0.15, 0.2) is 82.3 Å². The van der Waals surface area contributed by atoms with Gasteiger partial charge in [-0.05, 0) is 45.2 Å². The van der Waals surface area contributed by atoms with E-state index in [9.17, 15) is 26.3 Å². The fraction of sp³-hybridized carbons (Fsp3) is 0.353. The third-order valence-corrected chi connectivity index (χ3v) is 12.7. The Morgan fingerprint density at radius 1 is 0.674 bits per heavy atom. The molecule has 0 fully saturated rings. The smallest absolute Gasteiger partial charge is 0.288 e. The molecule has 2 aliphatic carbocycles. The van der Waals surface area contributed by atoms with Gasteiger partial charge in [0.1, 0.15) is 0 Å². The van der Waals surface area contributed by atoms with Crippen molar-refractivity contribution in [2.24, 2.45) is 0 Å². The Labute approximate surface area is 263 Å². The van der Waals surface area contributed by atoms with Crippen molar-refractivity contribution in [2.75, 3.05) is 0 Å². The average molecular weight is 670 g/mol. The Morgan fingerprint density at radius 2 is 1.12 bits per heavy atom. The van der Waals surface area contributed by atoms with Gasteiger partial charge in [0, 0.05) is 0 Å². The minimum Gasteiger partial charge on any atom is -0.288 e. The second kappa shape index (κ2) is 14.2. The summed E-state index contributed by atoms with van der Waals surface area (Å²) in [5, 5.41) is 1.90. The molecule has 9 heteroatoms. The van der Waals surface area contributed by atoms with E-state index in [4.69, 9.17) is 0 Å². The van der Waals surface area contributed by atoms with E-state index in [1.807, 2.05) is 0 Å². The van der Waals surface area contributed by atoms with Crippen LogP contribution >= 0.6 is 15.8 Å². The van der Waals surface area contributed by atoms with Gasteiger partial charge in [0.25, 0.3) is 0 Å². The summed E-state index contributed by atoms with van der Waals surface area (Å²) in [6.07, 6.45) is 2.18. The maximum absolute atomic E-state index is 13.2. The van der Waals surface area contributed by atoms with Crippen LogP contribution in [0, 0.1) is 24.3 Å². The minimum absolute atomic E-state index is 0. The van der Waals surface area contributed by atoms with Gasteiger partial charge in [0.2, 0.25) is 0 Å². The van der Waals surface area contributed by atoms with Crippen molar-refractivity contribution in [1.29, 1.82) is 0 Å². The van der Waals surface area contributed by atoms with Crippen molar-refractivity contribution >= 4 is 26.5 Å². The van der Waals surface area contributed by atoms with Crippen molar-refractivity contribution in [1.82, 2.24) is 0 Å². The standard InChI is InChI=1S/C29H30F6P2.C5.Fe/c1-19(37(26(2,3)4)27(5,6)7)24-9-8-10-25(24)36(22-15-11-20(12-16-22)28(30,31)32)23-17-13-21(14-18-23)29(33,34)35;1-2-4-5-3-1;/h11-19H,1-7H3;;/q2*-1;+2/t19-;;/m1../s1. The van der Waals surface area contributed by atoms with E-state index < -0.39 is 39.3 Å². The molecule has 0 unspecified atom stereocenters. The van der Waals surface area contributed by atoms with Crippen molar-refractivity contribution in [3.63, 3.8) is 0 Å². The van der Waals surface area contributed by atoms with Gasteiger partial charge in [0.05, 0.1) is 11.1 Å². The molecule has 2 aromatic carbocycles. The summed E-state index contributed by atoms with van der Waals surface area (Å²) in [6, 6.07) is 9.74. The van der Waals surface area contributed by atoms with Crippen LogP contribution in [0.25, 0.3) is 0 Å². The maximum Gasteiger partial charge on any atom is 2.00 e. The summed E-state index contributed by atoms with van der Waals surface area (Å²) in [5.41, 5.74) is 10.0. The molecule has 0 aliphatic heterocycles. The molecule has 1 atom stereocenters. The van der Waals surface area contributed by atoms with Crippen LogP contribution in [0.5, 0.6) is 0 Å². The Balaban J connectivity index is 0.000000973. The number of hydrogen-bond acceptors (Lipinski definition) is 0. The van der Waals surface area contributed by atoms with Crippen LogP contribution in [-0.2, 0) is 29.4 Å². The quantitative estimate of drug-likeness (QED) is 0.0978. The molecule has 0 nitrogen and oxygen atoms in total. The number of allylic oxidation sites excluding steroid dienone is 5. The molecule has 0 saturated heterocycles. The molecular formula is C34H30F6FeP2. The van der Waals surface area contributed by atoms with Crippen LogP contribution in [-0.4, -0.2) is 16.0 Å². The van der Waals surface area contributed by atoms with Crippen molar-refractivity contribution in [2.45, 2.75) is 76.8 Å². The molecular weight excluding hydrogens is 640 g/mol. The fourth-order valence-electron chi connectivity index (χ4n) is 5.22. The molecule has 0 heterocycles. The molecule has 0 saturated carbocycles. The largest absolute Gasteiger partial charge is 2.00 e. The van der Waals surface area contributed by atoms with Gasteiger partial charge in [-0.25, -0.2) is 5.73 Å². The maximum atomic E-state index is 13.2. The van der Waals surface area contributed by atoms with Crippen molar-refractivity contribution < 1.29 is 43.4 Å². The van der Waals surface area contributed by atoms with Gasteiger partial charge in [-0.3, -0.25) is 17.2 Å². The third kappa shape index (κ3) is 9.61. The monoisotopic (exact) mass is 670 g/mol. The van der Waals surface area contributed by atoms with Crippen LogP contribution in [0.4, 0.5) is 26.3 Å². The van der Waals surface area contributed by atoms with E-state index in [-0.39, 0.29) is 33.0 Å². The Kier molecular flexibility index (Phi) is 12.2. The Morgan fingerprint density at radius 3 is 1.42 bits per heavy atom. The summed E-state index contributed by atoms with van der Waals surface area (Å²) in [6.45, 7) is 15.3. The van der Waals surface area contributed by atoms with E-state index in [0.29, 0.717) is 10.6 Å². The summed E-state index contributed by atoms with van der Waals surface area (Å²) in [4.78, 5) is 0. The van der Waals surface area contributed by atoms with Gasteiger partial charge in [0.15, 0.2) is 0 Å². The van der Waals surface area contributed by atoms with E-state index in [1.165, 1.54) is 24.3 Å². The first-order chi connectivity index (χ1) is 19.3. The predicted molar refractivity (Wildman–Crippen MR) is 159 cm³/mol. The molecule has 2 radical (unpaired) electrons. The Bertz CT molecular complexity index is 1420. The van der Waals surface area contributed by atoms with Crippen molar-refractivity contribution in [3.8, 4) is 0 Å². The van der Waals surface area contributed by atoms with Gasteiger partial charge in [-0.15, -0.1) is 31.5 Å². The molecule has 0 N–H and O–H groups in total. The zero-order chi connectivity index (χ0) is 31.5. The first kappa shape index (κ1) is 36.9. The average Bonchev–Trinajstić information content (AvgIpc) is 3.58. The Hall–Kier alpha value is -2.26. The predicted octanol–water partition coefficient (Wildman–Crippen LogP) is 9.84. The van der Waals surface area contributed by atoms with Gasteiger partial charge < -0.3 is 0 Å². The van der Waals surface area contributed by atoms with Gasteiger partial charge in [-0.2, -0.15) is 38.0 Å². The summed E-state index contributed by atoms with van der Waals surface area (Å²) in [7, 11) is -2.13. The number of rotatable bonds is 5. The molecule has 0 amide bonds. The molecule has 0 bridgehead atoms. The summed E-state index contributed by atoms with van der Waals surface area (Å²) >= 11 is 0. The topological polar surface area (TPSA) is 0 Å². The van der Waals surface area contributed by atoms with Crippen molar-refractivity contribution in [3.05, 3.63) is 118 Å². The van der Waals surface area contributed by atoms with E-state index >= 15 is 0 Å². The normalized spacial score (nSPS) is 15.0. The van der Waals surface area contributed by atoms with Gasteiger partial charge in [-0.1, -0.05) is 86.3 Å². The minimum atomic E-state index is -4.49. The number of hydrogen-bond donors (Lipinski definition) is 0. The summed E-state index contributed by atoms with van der Waals surface area (Å²) < 4.78 is 79.4. The zero-order valence-electron chi connectivity index (χ0n) is 24.7. The zero-order valence-corrected chi connectivity index (χ0v) is 27.6. The third-order valence-electron chi connectivity index (χ3n) is 6.33. The fourth-order valence-corrected chi connectivity index (χ4v) is 12.5. The molecule has 4 rings (SSSR count). The van der Waals surface area contributed by atoms with E-state index in [0.717, 1.165) is 35.2 Å². The number of halogens is 6. The second-order valence-corrected chi connectivity index (χ2v) is 17.9. The molecule has 43 heavy (non-hydrogen) atoms. The van der Waals surface area contributed by atoms with Crippen LogP contribution in [0.2, 0.25) is 0 Å². The molecule has 2 aliphatic rings.